The lowest BCUT2D eigenvalue weighted by atomic mass is 10.4. The molecule has 7 heavy (non-hydrogen) atoms. The molecule has 0 spiro atoms. The largest absolute Gasteiger partial charge is 0.854 e. The summed E-state index contributed by atoms with van der Waals surface area (Å²) in [5.41, 5.74) is 0. The molecule has 0 amide bonds. The summed E-state index contributed by atoms with van der Waals surface area (Å²) in [6.45, 7) is -0.461. The van der Waals surface area contributed by atoms with Crippen molar-refractivity contribution < 1.29 is 13.9 Å². The maximum atomic E-state index is 10.9. The van der Waals surface area contributed by atoms with Crippen molar-refractivity contribution in [2.45, 2.75) is 6.42 Å². The monoisotopic (exact) mass is 107 g/mol. The van der Waals surface area contributed by atoms with Gasteiger partial charge in [-0.25, -0.2) is 0 Å². The summed E-state index contributed by atoms with van der Waals surface area (Å²) in [7, 11) is 0. The summed E-state index contributed by atoms with van der Waals surface area (Å²) in [6, 6.07) is 0. The van der Waals surface area contributed by atoms with Gasteiger partial charge in [-0.05, 0) is 12.5 Å². The van der Waals surface area contributed by atoms with Gasteiger partial charge in [0.05, 0.1) is 0 Å². The molecule has 0 aliphatic rings. The van der Waals surface area contributed by atoms with Crippen LogP contribution in [0.2, 0.25) is 0 Å². The smallest absolute Gasteiger partial charge is 0.266 e. The van der Waals surface area contributed by atoms with Crippen LogP contribution in [0.4, 0.5) is 8.78 Å². The average Bonchev–Trinajstić information content (AvgIpc) is 1.61. The van der Waals surface area contributed by atoms with E-state index in [2.05, 4.69) is 0 Å². The summed E-state index contributed by atoms with van der Waals surface area (Å²) in [5.74, 6) is 0. The molecule has 0 aromatic heterocycles. The molecule has 0 saturated carbocycles. The van der Waals surface area contributed by atoms with Crippen LogP contribution in [0.15, 0.2) is 12.2 Å². The van der Waals surface area contributed by atoms with Crippen molar-refractivity contribution in [3.05, 3.63) is 12.2 Å². The zero-order chi connectivity index (χ0) is 5.70. The highest BCUT2D eigenvalue weighted by Crippen LogP contribution is 1.96. The van der Waals surface area contributed by atoms with Crippen LogP contribution in [0, 0.1) is 0 Å². The quantitative estimate of drug-likeness (QED) is 0.504. The summed E-state index contributed by atoms with van der Waals surface area (Å²) < 4.78 is 21.9. The van der Waals surface area contributed by atoms with Crippen LogP contribution in [0.3, 0.4) is 0 Å². The van der Waals surface area contributed by atoms with Gasteiger partial charge in [-0.2, -0.15) is 8.78 Å². The van der Waals surface area contributed by atoms with Crippen LogP contribution in [-0.4, -0.2) is 6.61 Å². The second-order valence-corrected chi connectivity index (χ2v) is 0.987. The Kier molecular flexibility index (Phi) is 3.50. The van der Waals surface area contributed by atoms with Crippen molar-refractivity contribution >= 4 is 0 Å². The van der Waals surface area contributed by atoms with Crippen molar-refractivity contribution in [2.75, 3.05) is 6.61 Å². The Labute approximate surface area is 40.3 Å². The lowest BCUT2D eigenvalue weighted by Gasteiger charge is -1.92. The zero-order valence-corrected chi connectivity index (χ0v) is 3.66. The van der Waals surface area contributed by atoms with Gasteiger partial charge in [-0.15, -0.1) is 6.61 Å². The second-order valence-electron chi connectivity index (χ2n) is 0.987. The van der Waals surface area contributed by atoms with Crippen LogP contribution in [0.1, 0.15) is 6.42 Å². The minimum absolute atomic E-state index is 0.0671. The van der Waals surface area contributed by atoms with Crippen molar-refractivity contribution in [2.24, 2.45) is 0 Å². The minimum Gasteiger partial charge on any atom is -0.854 e. The van der Waals surface area contributed by atoms with E-state index in [1.165, 1.54) is 0 Å². The normalized spacial score (nSPS) is 8.43. The van der Waals surface area contributed by atoms with Gasteiger partial charge in [0.1, 0.15) is 0 Å². The number of halogens is 2. The van der Waals surface area contributed by atoms with Crippen LogP contribution in [0.5, 0.6) is 0 Å². The van der Waals surface area contributed by atoms with E-state index in [-0.39, 0.29) is 6.42 Å². The molecule has 1 nitrogen and oxygen atoms in total. The minimum atomic E-state index is -1.77. The SMILES string of the molecule is [O-]CCC=C(F)F. The van der Waals surface area contributed by atoms with Gasteiger partial charge in [0.25, 0.3) is 6.08 Å². The first kappa shape index (κ1) is 6.56. The third kappa shape index (κ3) is 5.56. The lowest BCUT2D eigenvalue weighted by molar-refractivity contribution is -0.366. The van der Waals surface area contributed by atoms with E-state index in [4.69, 9.17) is 0 Å². The predicted molar refractivity (Wildman–Crippen MR) is 19.8 cm³/mol. The molecule has 0 radical (unpaired) electrons. The topological polar surface area (TPSA) is 23.1 Å². The molecule has 0 aliphatic carbocycles. The highest BCUT2D eigenvalue weighted by atomic mass is 19.3. The molecule has 0 rings (SSSR count). The molecule has 0 aromatic rings. The number of hydrogen-bond acceptors (Lipinski definition) is 1. The fourth-order valence-corrected chi connectivity index (χ4v) is 0.168. The first-order valence-corrected chi connectivity index (χ1v) is 1.86. The van der Waals surface area contributed by atoms with Gasteiger partial charge >= 0.3 is 0 Å². The van der Waals surface area contributed by atoms with E-state index in [0.29, 0.717) is 6.08 Å². The van der Waals surface area contributed by atoms with Gasteiger partial charge in [-0.1, -0.05) is 0 Å². The van der Waals surface area contributed by atoms with Gasteiger partial charge in [0.15, 0.2) is 0 Å². The standard InChI is InChI=1S/C4H5F2O/c5-4(6)2-1-3-7/h2H,1,3H2/q-1. The molecule has 0 aromatic carbocycles. The van der Waals surface area contributed by atoms with E-state index in [1.54, 1.807) is 0 Å². The number of hydrogen-bond donors (Lipinski definition) is 0. The molecule has 0 N–H and O–H groups in total. The Morgan fingerprint density at radius 2 is 2.14 bits per heavy atom. The highest BCUT2D eigenvalue weighted by Gasteiger charge is 1.80. The molecule has 0 fully saturated rings. The maximum absolute atomic E-state index is 10.9. The van der Waals surface area contributed by atoms with Crippen molar-refractivity contribution in [3.8, 4) is 0 Å². The molecule has 42 valence electrons. The maximum Gasteiger partial charge on any atom is 0.266 e. The van der Waals surface area contributed by atoms with Crippen LogP contribution in [0.25, 0.3) is 0 Å². The van der Waals surface area contributed by atoms with Gasteiger partial charge in [0, 0.05) is 0 Å². The van der Waals surface area contributed by atoms with Crippen LogP contribution < -0.4 is 5.11 Å². The second kappa shape index (κ2) is 3.74. The van der Waals surface area contributed by atoms with E-state index < -0.39 is 12.7 Å². The van der Waals surface area contributed by atoms with Crippen molar-refractivity contribution in [1.82, 2.24) is 0 Å². The molecular weight excluding hydrogens is 102 g/mol. The van der Waals surface area contributed by atoms with Crippen LogP contribution >= 0.6 is 0 Å². The Bertz CT molecular complexity index is 66.1. The summed E-state index contributed by atoms with van der Waals surface area (Å²) in [6.07, 6.45) is -1.22. The fraction of sp³-hybridized carbons (Fsp3) is 0.500. The Morgan fingerprint density at radius 1 is 1.57 bits per heavy atom. The average molecular weight is 107 g/mol. The van der Waals surface area contributed by atoms with Crippen molar-refractivity contribution in [3.63, 3.8) is 0 Å². The third-order valence-electron chi connectivity index (χ3n) is 0.416. The first-order valence-electron chi connectivity index (χ1n) is 1.86. The van der Waals surface area contributed by atoms with Crippen molar-refractivity contribution in [1.29, 1.82) is 0 Å². The van der Waals surface area contributed by atoms with Gasteiger partial charge < -0.3 is 5.11 Å². The van der Waals surface area contributed by atoms with Crippen LogP contribution in [-0.2, 0) is 0 Å². The van der Waals surface area contributed by atoms with Gasteiger partial charge in [-0.3, -0.25) is 0 Å². The molecule has 0 atom stereocenters. The summed E-state index contributed by atoms with van der Waals surface area (Å²) in [5, 5.41) is 9.46. The number of rotatable bonds is 2. The molecule has 0 aliphatic heterocycles. The third-order valence-corrected chi connectivity index (χ3v) is 0.416. The van der Waals surface area contributed by atoms with E-state index in [9.17, 15) is 13.9 Å². The molecule has 0 unspecified atom stereocenters. The summed E-state index contributed by atoms with van der Waals surface area (Å²) in [4.78, 5) is 0. The lowest BCUT2D eigenvalue weighted by Crippen LogP contribution is -2.02. The van der Waals surface area contributed by atoms with Gasteiger partial charge in [0.2, 0.25) is 0 Å². The first-order chi connectivity index (χ1) is 3.27. The molecular formula is C4H5F2O-. The van der Waals surface area contributed by atoms with E-state index >= 15 is 0 Å². The Balaban J connectivity index is 3.08. The molecule has 0 heterocycles. The fourth-order valence-electron chi connectivity index (χ4n) is 0.168. The zero-order valence-electron chi connectivity index (χ0n) is 3.66. The Hall–Kier alpha value is -0.440. The molecule has 0 saturated heterocycles. The molecule has 0 bridgehead atoms. The summed E-state index contributed by atoms with van der Waals surface area (Å²) >= 11 is 0. The van der Waals surface area contributed by atoms with E-state index in [0.717, 1.165) is 0 Å². The molecule has 3 heteroatoms. The highest BCUT2D eigenvalue weighted by molar-refractivity contribution is 4.78. The Morgan fingerprint density at radius 3 is 2.29 bits per heavy atom. The predicted octanol–water partition coefficient (Wildman–Crippen LogP) is 0.517. The van der Waals surface area contributed by atoms with E-state index in [1.807, 2.05) is 0 Å².